The van der Waals surface area contributed by atoms with Crippen LogP contribution in [0.15, 0.2) is 30.3 Å². The molecule has 0 amide bonds. The molecule has 0 heterocycles. The normalized spacial score (nSPS) is 10.5. The van der Waals surface area contributed by atoms with Crippen LogP contribution in [-0.4, -0.2) is 0 Å². The van der Waals surface area contributed by atoms with Crippen LogP contribution in [-0.2, 0) is 32.7 Å². The van der Waals surface area contributed by atoms with Gasteiger partial charge in [-0.3, -0.25) is 0 Å². The first-order valence-electron chi connectivity index (χ1n) is 4.60. The van der Waals surface area contributed by atoms with Gasteiger partial charge >= 0.3 is 0 Å². The average molecular weight is 252 g/mol. The fourth-order valence-electron chi connectivity index (χ4n) is 1.02. The van der Waals surface area contributed by atoms with E-state index >= 15 is 0 Å². The predicted octanol–water partition coefficient (Wildman–Crippen LogP) is 4.04. The molecule has 71 valence electrons. The Morgan fingerprint density at radius 1 is 1.15 bits per heavy atom. The third-order valence-corrected chi connectivity index (χ3v) is 1.98. The number of benzene rings is 1. The van der Waals surface area contributed by atoms with Crippen molar-refractivity contribution in [2.75, 3.05) is 0 Å². The van der Waals surface area contributed by atoms with Crippen molar-refractivity contribution in [1.29, 1.82) is 0 Å². The van der Waals surface area contributed by atoms with Crippen LogP contribution in [0.3, 0.4) is 0 Å². The van der Waals surface area contributed by atoms with Gasteiger partial charge in [-0.25, -0.2) is 0 Å². The van der Waals surface area contributed by atoms with Crippen LogP contribution in [0.1, 0.15) is 38.7 Å². The molecule has 0 spiro atoms. The molecule has 0 bridgehead atoms. The molecule has 1 unspecified atom stereocenters. The van der Waals surface area contributed by atoms with E-state index < -0.39 is 0 Å². The summed E-state index contributed by atoms with van der Waals surface area (Å²) in [5.74, 6) is 0.709. The van der Waals surface area contributed by atoms with Crippen molar-refractivity contribution in [2.24, 2.45) is 0 Å². The Bertz CT molecular complexity index is 182. The van der Waals surface area contributed by atoms with E-state index in [-0.39, 0.29) is 32.7 Å². The van der Waals surface area contributed by atoms with Gasteiger partial charge in [-0.05, 0) is 17.9 Å². The number of hydrogen-bond acceptors (Lipinski definition) is 0. The summed E-state index contributed by atoms with van der Waals surface area (Å²) in [5.41, 5.74) is 1.45. The largest absolute Gasteiger partial charge is 0.346 e. The molecule has 0 aliphatic carbocycles. The summed E-state index contributed by atoms with van der Waals surface area (Å²) in [6, 6.07) is 10.6. The Kier molecular flexibility index (Phi) is 12.6. The second-order valence-electron chi connectivity index (χ2n) is 2.72. The summed E-state index contributed by atoms with van der Waals surface area (Å²) in [6.07, 6.45) is 1.23. The standard InChI is InChI=1S/C10H14.C2H5.Y/c1-3-9(2)10-7-5-4-6-8-10;1-2;/h4-9H,3H2,1-2H3;1H2,2H3;/q;-1;. The van der Waals surface area contributed by atoms with E-state index in [0.717, 1.165) is 0 Å². The molecule has 0 nitrogen and oxygen atoms in total. The topological polar surface area (TPSA) is 0 Å². The Balaban J connectivity index is 0. The first kappa shape index (κ1) is 15.8. The van der Waals surface area contributed by atoms with E-state index in [1.54, 1.807) is 6.92 Å². The van der Waals surface area contributed by atoms with Gasteiger partial charge in [0.25, 0.3) is 0 Å². The van der Waals surface area contributed by atoms with Crippen molar-refractivity contribution >= 4 is 0 Å². The monoisotopic (exact) mass is 252 g/mol. The van der Waals surface area contributed by atoms with Crippen LogP contribution < -0.4 is 0 Å². The number of hydrogen-bond donors (Lipinski definition) is 0. The van der Waals surface area contributed by atoms with Gasteiger partial charge in [-0.1, -0.05) is 44.2 Å². The summed E-state index contributed by atoms with van der Waals surface area (Å²) in [7, 11) is 0. The van der Waals surface area contributed by atoms with Crippen LogP contribution >= 0.6 is 0 Å². The summed E-state index contributed by atoms with van der Waals surface area (Å²) in [6.45, 7) is 9.48. The molecule has 0 saturated carbocycles. The Labute approximate surface area is 108 Å². The van der Waals surface area contributed by atoms with Crippen molar-refractivity contribution < 1.29 is 32.7 Å². The molecule has 1 heteroatoms. The molecular weight excluding hydrogens is 233 g/mol. The van der Waals surface area contributed by atoms with Gasteiger partial charge in [0.05, 0.1) is 0 Å². The van der Waals surface area contributed by atoms with Crippen molar-refractivity contribution in [3.8, 4) is 0 Å². The van der Waals surface area contributed by atoms with E-state index in [1.165, 1.54) is 12.0 Å². The summed E-state index contributed by atoms with van der Waals surface area (Å²) in [5, 5.41) is 0. The van der Waals surface area contributed by atoms with Crippen LogP contribution in [0.2, 0.25) is 0 Å². The Morgan fingerprint density at radius 2 is 1.62 bits per heavy atom. The summed E-state index contributed by atoms with van der Waals surface area (Å²) >= 11 is 0. The summed E-state index contributed by atoms with van der Waals surface area (Å²) in [4.78, 5) is 0. The van der Waals surface area contributed by atoms with Crippen LogP contribution in [0.4, 0.5) is 0 Å². The molecule has 0 N–H and O–H groups in total. The van der Waals surface area contributed by atoms with Crippen molar-refractivity contribution in [3.05, 3.63) is 42.8 Å². The molecular formula is C12H19Y-. The molecule has 0 aliphatic heterocycles. The van der Waals surface area contributed by atoms with E-state index in [4.69, 9.17) is 0 Å². The van der Waals surface area contributed by atoms with Crippen molar-refractivity contribution in [2.45, 2.75) is 33.1 Å². The molecule has 1 aromatic rings. The van der Waals surface area contributed by atoms with E-state index in [2.05, 4.69) is 51.1 Å². The van der Waals surface area contributed by atoms with E-state index in [0.29, 0.717) is 5.92 Å². The van der Waals surface area contributed by atoms with Crippen LogP contribution in [0, 0.1) is 6.92 Å². The fourth-order valence-corrected chi connectivity index (χ4v) is 1.02. The first-order valence-corrected chi connectivity index (χ1v) is 4.60. The predicted molar refractivity (Wildman–Crippen MR) is 56.2 cm³/mol. The third kappa shape index (κ3) is 6.40. The minimum absolute atomic E-state index is 0. The molecule has 0 fully saturated rings. The smallest absolute Gasteiger partial charge is 0 e. The van der Waals surface area contributed by atoms with E-state index in [9.17, 15) is 0 Å². The van der Waals surface area contributed by atoms with Gasteiger partial charge in [0.15, 0.2) is 0 Å². The average Bonchev–Trinajstić information content (AvgIpc) is 2.21. The second kappa shape index (κ2) is 10.4. The molecule has 13 heavy (non-hydrogen) atoms. The number of rotatable bonds is 2. The van der Waals surface area contributed by atoms with Gasteiger partial charge in [0, 0.05) is 32.7 Å². The maximum Gasteiger partial charge on any atom is 0 e. The van der Waals surface area contributed by atoms with Gasteiger partial charge in [-0.2, -0.15) is 6.92 Å². The second-order valence-corrected chi connectivity index (χ2v) is 2.72. The maximum atomic E-state index is 3.25. The zero-order chi connectivity index (χ0) is 9.40. The quantitative estimate of drug-likeness (QED) is 0.697. The molecule has 1 atom stereocenters. The molecule has 0 aliphatic rings. The molecule has 1 rings (SSSR count). The zero-order valence-electron chi connectivity index (χ0n) is 8.96. The van der Waals surface area contributed by atoms with Gasteiger partial charge < -0.3 is 6.92 Å². The van der Waals surface area contributed by atoms with Crippen molar-refractivity contribution in [3.63, 3.8) is 0 Å². The summed E-state index contributed by atoms with van der Waals surface area (Å²) < 4.78 is 0. The SMILES string of the molecule is CCC(C)c1ccccc1.[CH2-]C.[Y]. The minimum atomic E-state index is 0. The van der Waals surface area contributed by atoms with Crippen LogP contribution in [0.5, 0.6) is 0 Å². The molecule has 1 aromatic carbocycles. The maximum absolute atomic E-state index is 3.25. The zero-order valence-corrected chi connectivity index (χ0v) is 11.8. The van der Waals surface area contributed by atoms with Gasteiger partial charge in [0.2, 0.25) is 0 Å². The Hall–Kier alpha value is 0.324. The molecule has 0 aromatic heterocycles. The van der Waals surface area contributed by atoms with Crippen LogP contribution in [0.25, 0.3) is 0 Å². The molecule has 1 radical (unpaired) electrons. The van der Waals surface area contributed by atoms with Crippen molar-refractivity contribution in [1.82, 2.24) is 0 Å². The first-order chi connectivity index (χ1) is 5.84. The molecule has 0 saturated heterocycles. The van der Waals surface area contributed by atoms with Gasteiger partial charge in [0.1, 0.15) is 0 Å². The van der Waals surface area contributed by atoms with E-state index in [1.807, 2.05) is 0 Å². The minimum Gasteiger partial charge on any atom is -0.346 e. The van der Waals surface area contributed by atoms with Gasteiger partial charge in [-0.15, -0.1) is 0 Å². The fraction of sp³-hybridized carbons (Fsp3) is 0.417. The third-order valence-electron chi connectivity index (χ3n) is 1.98. The Morgan fingerprint density at radius 3 is 2.00 bits per heavy atom.